The fourth-order valence-electron chi connectivity index (χ4n) is 0.302. The van der Waals surface area contributed by atoms with Crippen molar-refractivity contribution >= 4 is 69.2 Å². The Labute approximate surface area is 179 Å². The van der Waals surface area contributed by atoms with Crippen molar-refractivity contribution in [3.63, 3.8) is 0 Å². The summed E-state index contributed by atoms with van der Waals surface area (Å²) in [6.45, 7) is 8.68. The minimum atomic E-state index is 0. The van der Waals surface area contributed by atoms with Crippen molar-refractivity contribution in [1.29, 1.82) is 0 Å². The van der Waals surface area contributed by atoms with Crippen LogP contribution in [0.4, 0.5) is 0 Å². The van der Waals surface area contributed by atoms with E-state index in [-0.39, 0.29) is 103 Å². The van der Waals surface area contributed by atoms with Crippen molar-refractivity contribution in [3.05, 3.63) is 0 Å². The van der Waals surface area contributed by atoms with Gasteiger partial charge in [-0.3, -0.25) is 0 Å². The van der Waals surface area contributed by atoms with Crippen molar-refractivity contribution in [2.45, 2.75) is 49.0 Å². The Morgan fingerprint density at radius 3 is 0.667 bits per heavy atom. The molecule has 7 heteroatoms. The molecule has 0 nitrogen and oxygen atoms in total. The Hall–Kier alpha value is 4.30. The summed E-state index contributed by atoms with van der Waals surface area (Å²) < 4.78 is 0. The van der Waals surface area contributed by atoms with E-state index in [1.807, 2.05) is 29.9 Å². The van der Waals surface area contributed by atoms with Gasteiger partial charge >= 0.3 is 148 Å². The molecule has 0 N–H and O–H groups in total. The van der Waals surface area contributed by atoms with Gasteiger partial charge in [0.2, 0.25) is 0 Å². The van der Waals surface area contributed by atoms with E-state index in [4.69, 9.17) is 0 Å². The molecule has 0 aromatic carbocycles. The van der Waals surface area contributed by atoms with Crippen LogP contribution >= 0.6 is 0 Å². The smallest absolute Gasteiger partial charge is 1.00 e. The minimum Gasteiger partial charge on any atom is -1.00 e. The molecule has 0 saturated carbocycles. The Morgan fingerprint density at radius 1 is 0.533 bits per heavy atom. The summed E-state index contributed by atoms with van der Waals surface area (Å²) in [5, 5.41) is 5.00. The predicted molar refractivity (Wildman–Crippen MR) is 59.2 cm³/mol. The van der Waals surface area contributed by atoms with Gasteiger partial charge in [0.15, 0.2) is 0 Å². The maximum absolute atomic E-state index is 2.17. The molecule has 0 saturated heterocycles. The molecule has 0 aromatic heterocycles. The van der Waals surface area contributed by atoms with E-state index in [1.54, 1.807) is 0 Å². The van der Waals surface area contributed by atoms with Crippen molar-refractivity contribution in [2.75, 3.05) is 0 Å². The second kappa shape index (κ2) is 51.6. The van der Waals surface area contributed by atoms with Gasteiger partial charge in [0.1, 0.15) is 0 Å². The monoisotopic (exact) mass is 472 g/mol. The molecule has 94 valence electrons. The van der Waals surface area contributed by atoms with E-state index < -0.39 is 0 Å². The maximum Gasteiger partial charge on any atom is 2.00 e. The van der Waals surface area contributed by atoms with Gasteiger partial charge in [0.25, 0.3) is 0 Å². The summed E-state index contributed by atoms with van der Waals surface area (Å²) in [7, 11) is 0. The molecule has 0 bridgehead atoms. The van der Waals surface area contributed by atoms with Gasteiger partial charge in [-0.05, 0) is 0 Å². The molecule has 0 radical (unpaired) electrons. The van der Waals surface area contributed by atoms with Gasteiger partial charge in [-0.15, -0.1) is 0 Å². The maximum atomic E-state index is 2.17. The second-order valence-corrected chi connectivity index (χ2v) is 4.76. The molecule has 0 amide bonds. The summed E-state index contributed by atoms with van der Waals surface area (Å²) in [6.07, 6.45) is 0. The van der Waals surface area contributed by atoms with E-state index in [9.17, 15) is 0 Å². The van der Waals surface area contributed by atoms with Crippen molar-refractivity contribution in [1.82, 2.24) is 0 Å². The molecule has 0 aliphatic carbocycles. The van der Waals surface area contributed by atoms with Crippen LogP contribution in [-0.4, -0.2) is 69.2 Å². The summed E-state index contributed by atoms with van der Waals surface area (Å²) in [6, 6.07) is 0. The molecule has 15 heavy (non-hydrogen) atoms. The molecule has 0 atom stereocenters. The van der Waals surface area contributed by atoms with Gasteiger partial charge in [-0.25, -0.2) is 0 Å². The molecule has 0 spiro atoms. The molecular formula is C8H20Br2Cu2Mg3. The quantitative estimate of drug-likeness (QED) is 0.375. The van der Waals surface area contributed by atoms with Crippen molar-refractivity contribution < 1.29 is 63.9 Å². The van der Waals surface area contributed by atoms with Crippen LogP contribution in [0.2, 0.25) is 21.3 Å². The number of hydrogen-bond acceptors (Lipinski definition) is 0. The van der Waals surface area contributed by atoms with Crippen LogP contribution in [0, 0.1) is 0 Å². The topological polar surface area (TPSA) is 0 Å². The van der Waals surface area contributed by atoms with Crippen LogP contribution in [0.1, 0.15) is 27.7 Å². The van der Waals surface area contributed by atoms with E-state index in [2.05, 4.69) is 27.7 Å². The third-order valence-electron chi connectivity index (χ3n) is 0.603. The first-order valence-electron chi connectivity index (χ1n) is 3.68. The van der Waals surface area contributed by atoms with Gasteiger partial charge in [-0.2, -0.15) is 0 Å². The number of rotatable bonds is 4. The third-order valence-corrected chi connectivity index (χ3v) is 2.49. The molecule has 0 aromatic rings. The van der Waals surface area contributed by atoms with Crippen LogP contribution in [0.3, 0.4) is 0 Å². The second-order valence-electron chi connectivity index (χ2n) is 1.15. The van der Waals surface area contributed by atoms with Gasteiger partial charge in [0, 0.05) is 0 Å². The first-order chi connectivity index (χ1) is 4.83. The first-order valence-corrected chi connectivity index (χ1v) is 6.34. The van der Waals surface area contributed by atoms with Crippen LogP contribution in [-0.2, 0) is 29.9 Å². The zero-order valence-electron chi connectivity index (χ0n) is 10.3. The Morgan fingerprint density at radius 2 is 0.667 bits per heavy atom. The molecule has 0 aliphatic rings. The number of halogens is 2. The molecule has 0 fully saturated rings. The molecule has 0 heterocycles. The zero-order valence-corrected chi connectivity index (χ0v) is 19.6. The van der Waals surface area contributed by atoms with E-state index in [0.717, 1.165) is 0 Å². The number of hydrogen-bond donors (Lipinski definition) is 0. The Kier molecular flexibility index (Phi) is 147. The zero-order chi connectivity index (χ0) is 8.24. The van der Waals surface area contributed by atoms with E-state index >= 15 is 0 Å². The van der Waals surface area contributed by atoms with Gasteiger partial charge in [-0.1, -0.05) is 0 Å². The average molecular weight is 476 g/mol. The summed E-state index contributed by atoms with van der Waals surface area (Å²) in [5.74, 6) is 0. The SMILES string of the molecule is C[CH2][Cu-2][CH2]C.C[CH2][Cu-2][CH2]C.[Br-].[Br-].[Mg+2].[Mg+2].[Mg+2]. The minimum absolute atomic E-state index is 0. The average Bonchev–Trinajstić information content (AvgIpc) is 1.93. The fourth-order valence-corrected chi connectivity index (χ4v) is 1.24. The van der Waals surface area contributed by atoms with E-state index in [1.165, 1.54) is 21.3 Å². The van der Waals surface area contributed by atoms with Crippen LogP contribution in [0.15, 0.2) is 0 Å². The van der Waals surface area contributed by atoms with Gasteiger partial charge in [0.05, 0.1) is 0 Å². The third kappa shape index (κ3) is 70.6. The predicted octanol–water partition coefficient (Wildman–Crippen LogP) is -3.24. The van der Waals surface area contributed by atoms with Crippen LogP contribution in [0.25, 0.3) is 0 Å². The fraction of sp³-hybridized carbons (Fsp3) is 1.00. The van der Waals surface area contributed by atoms with Crippen molar-refractivity contribution in [2.24, 2.45) is 0 Å². The van der Waals surface area contributed by atoms with Gasteiger partial charge < -0.3 is 34.0 Å². The summed E-state index contributed by atoms with van der Waals surface area (Å²) >= 11 is 4.07. The normalized spacial score (nSPS) is 6.13. The van der Waals surface area contributed by atoms with Crippen molar-refractivity contribution in [3.8, 4) is 0 Å². The molecule has 0 unspecified atom stereocenters. The van der Waals surface area contributed by atoms with E-state index in [0.29, 0.717) is 0 Å². The summed E-state index contributed by atoms with van der Waals surface area (Å²) in [4.78, 5) is 0. The largest absolute Gasteiger partial charge is 2.00 e. The van der Waals surface area contributed by atoms with Crippen LogP contribution < -0.4 is 34.0 Å². The Balaban J connectivity index is -0.0000000128. The first kappa shape index (κ1) is 42.7. The summed E-state index contributed by atoms with van der Waals surface area (Å²) in [5.41, 5.74) is 0. The van der Waals surface area contributed by atoms with Crippen LogP contribution in [0.5, 0.6) is 0 Å². The molecule has 0 aliphatic heterocycles. The molecule has 0 rings (SSSR count). The molecular weight excluding hydrogens is 456 g/mol. The Bertz CT molecular complexity index is 46.9. The standard InChI is InChI=1S/4C2H5.2BrH.2Cu.3Mg/c4*1-2;;;;;;;/h4*1H2,2H3;2*1H;;;;;/q;;;;;;2*-2;3*+2/p-2.